The molecule has 11 heavy (non-hydrogen) atoms. The Morgan fingerprint density at radius 2 is 1.73 bits per heavy atom. The molecule has 0 atom stereocenters. The molecule has 0 aliphatic carbocycles. The fourth-order valence-corrected chi connectivity index (χ4v) is 0.967. The van der Waals surface area contributed by atoms with Crippen LogP contribution >= 0.6 is 0 Å². The number of carbonyl (C=O) groups is 1. The lowest BCUT2D eigenvalue weighted by Gasteiger charge is -1.97. The van der Waals surface area contributed by atoms with Crippen molar-refractivity contribution in [3.8, 4) is 0 Å². The summed E-state index contributed by atoms with van der Waals surface area (Å²) in [5, 5.41) is 10.0. The van der Waals surface area contributed by atoms with Crippen molar-refractivity contribution in [2.75, 3.05) is 6.61 Å². The van der Waals surface area contributed by atoms with Crippen LogP contribution in [0.2, 0.25) is 0 Å². The number of hydrogen-bond donors (Lipinski definition) is 0. The van der Waals surface area contributed by atoms with Crippen molar-refractivity contribution in [1.29, 1.82) is 0 Å². The zero-order valence-electron chi connectivity index (χ0n) is 7.27. The fraction of sp³-hybridized carbons (Fsp3) is 0.889. The van der Waals surface area contributed by atoms with Crippen molar-refractivity contribution >= 4 is 5.78 Å². The maximum atomic E-state index is 10.9. The second kappa shape index (κ2) is 7.73. The number of hydrogen-bond acceptors (Lipinski definition) is 1. The van der Waals surface area contributed by atoms with Crippen LogP contribution in [-0.2, 0) is 9.90 Å². The lowest BCUT2D eigenvalue weighted by molar-refractivity contribution is -0.119. The van der Waals surface area contributed by atoms with Gasteiger partial charge in [-0.3, -0.25) is 4.79 Å². The van der Waals surface area contributed by atoms with E-state index in [9.17, 15) is 9.90 Å². The number of Topliss-reactive ketones (excluding diaryl/α,β-unsaturated/α-hetero) is 1. The summed E-state index contributed by atoms with van der Waals surface area (Å²) in [5.74, 6) is 0.259. The van der Waals surface area contributed by atoms with E-state index in [0.29, 0.717) is 19.3 Å². The van der Waals surface area contributed by atoms with E-state index in [0.717, 1.165) is 19.3 Å². The van der Waals surface area contributed by atoms with E-state index in [1.807, 2.05) is 0 Å². The number of unbranched alkanes of at least 4 members (excludes halogenated alkanes) is 2. The van der Waals surface area contributed by atoms with Crippen LogP contribution in [0.4, 0.5) is 0 Å². The van der Waals surface area contributed by atoms with Gasteiger partial charge in [0.05, 0.1) is 6.61 Å². The first-order chi connectivity index (χ1) is 5.31. The van der Waals surface area contributed by atoms with Gasteiger partial charge in [-0.15, -0.1) is 0 Å². The highest BCUT2D eigenvalue weighted by atomic mass is 16.3. The van der Waals surface area contributed by atoms with Crippen molar-refractivity contribution in [2.24, 2.45) is 0 Å². The minimum absolute atomic E-state index is 0.112. The molecule has 0 fully saturated rings. The van der Waals surface area contributed by atoms with Gasteiger partial charge in [0.25, 0.3) is 0 Å². The average Bonchev–Trinajstić information content (AvgIpc) is 2.01. The van der Waals surface area contributed by atoms with Crippen LogP contribution in [0.15, 0.2) is 0 Å². The van der Waals surface area contributed by atoms with Crippen molar-refractivity contribution < 1.29 is 9.90 Å². The monoisotopic (exact) mass is 157 g/mol. The molecule has 0 aliphatic rings. The van der Waals surface area contributed by atoms with Gasteiger partial charge in [-0.05, 0) is 12.8 Å². The van der Waals surface area contributed by atoms with Gasteiger partial charge in [0, 0.05) is 12.8 Å². The highest BCUT2D eigenvalue weighted by Gasteiger charge is 1.99. The first kappa shape index (κ1) is 10.6. The molecule has 2 heteroatoms. The Bertz CT molecular complexity index is 99.7. The molecule has 0 bridgehead atoms. The van der Waals surface area contributed by atoms with Crippen molar-refractivity contribution in [1.82, 2.24) is 0 Å². The molecule has 1 radical (unpaired) electrons. The summed E-state index contributed by atoms with van der Waals surface area (Å²) in [6.45, 7) is 2.00. The molecule has 0 heterocycles. The average molecular weight is 157 g/mol. The summed E-state index contributed by atoms with van der Waals surface area (Å²) < 4.78 is 0. The second-order valence-electron chi connectivity index (χ2n) is 2.80. The predicted molar refractivity (Wildman–Crippen MR) is 43.9 cm³/mol. The number of ketones is 1. The third-order valence-corrected chi connectivity index (χ3v) is 1.66. The zero-order valence-corrected chi connectivity index (χ0v) is 7.27. The first-order valence-corrected chi connectivity index (χ1v) is 4.41. The lowest BCUT2D eigenvalue weighted by Crippen LogP contribution is -1.98. The van der Waals surface area contributed by atoms with Gasteiger partial charge in [-0.25, -0.2) is 5.11 Å². The van der Waals surface area contributed by atoms with E-state index in [1.165, 1.54) is 0 Å². The van der Waals surface area contributed by atoms with Crippen LogP contribution in [0.5, 0.6) is 0 Å². The van der Waals surface area contributed by atoms with Gasteiger partial charge in [0.1, 0.15) is 5.78 Å². The van der Waals surface area contributed by atoms with Crippen LogP contribution in [0.1, 0.15) is 45.4 Å². The first-order valence-electron chi connectivity index (χ1n) is 4.41. The van der Waals surface area contributed by atoms with Gasteiger partial charge in [0.2, 0.25) is 0 Å². The molecular weight excluding hydrogens is 140 g/mol. The highest BCUT2D eigenvalue weighted by Crippen LogP contribution is 2.02. The van der Waals surface area contributed by atoms with E-state index in [1.54, 1.807) is 0 Å². The summed E-state index contributed by atoms with van der Waals surface area (Å²) in [7, 11) is 0. The van der Waals surface area contributed by atoms with Crippen molar-refractivity contribution in [2.45, 2.75) is 45.4 Å². The van der Waals surface area contributed by atoms with Crippen LogP contribution in [0.25, 0.3) is 0 Å². The standard InChI is InChI=1S/C9H17O2/c1-2-3-4-6-9(11)7-5-8-10/h2-8H2,1H3. The molecule has 0 saturated heterocycles. The molecule has 0 aromatic heterocycles. The summed E-state index contributed by atoms with van der Waals surface area (Å²) in [6, 6.07) is 0. The zero-order chi connectivity index (χ0) is 8.53. The van der Waals surface area contributed by atoms with Gasteiger partial charge in [0.15, 0.2) is 0 Å². The lowest BCUT2D eigenvalue weighted by atomic mass is 10.1. The highest BCUT2D eigenvalue weighted by molar-refractivity contribution is 5.78. The van der Waals surface area contributed by atoms with E-state index < -0.39 is 0 Å². The third kappa shape index (κ3) is 7.53. The van der Waals surface area contributed by atoms with E-state index in [4.69, 9.17) is 0 Å². The van der Waals surface area contributed by atoms with E-state index in [-0.39, 0.29) is 12.4 Å². The Morgan fingerprint density at radius 3 is 2.27 bits per heavy atom. The van der Waals surface area contributed by atoms with Gasteiger partial charge >= 0.3 is 0 Å². The van der Waals surface area contributed by atoms with E-state index in [2.05, 4.69) is 6.92 Å². The largest absolute Gasteiger partial charge is 0.300 e. The fourth-order valence-electron chi connectivity index (χ4n) is 0.967. The predicted octanol–water partition coefficient (Wildman–Crippen LogP) is 2.35. The van der Waals surface area contributed by atoms with Crippen molar-refractivity contribution in [3.63, 3.8) is 0 Å². The Hall–Kier alpha value is -0.370. The molecule has 0 saturated carbocycles. The van der Waals surface area contributed by atoms with Crippen LogP contribution in [0.3, 0.4) is 0 Å². The molecule has 65 valence electrons. The quantitative estimate of drug-likeness (QED) is 0.522. The molecule has 2 nitrogen and oxygen atoms in total. The molecule has 0 aromatic rings. The minimum atomic E-state index is -0.112. The Kier molecular flexibility index (Phi) is 7.47. The molecule has 0 spiro atoms. The summed E-state index contributed by atoms with van der Waals surface area (Å²) >= 11 is 0. The maximum absolute atomic E-state index is 10.9. The Labute approximate surface area is 68.6 Å². The Balaban J connectivity index is 3.09. The van der Waals surface area contributed by atoms with Gasteiger partial charge in [-0.2, -0.15) is 0 Å². The van der Waals surface area contributed by atoms with Crippen LogP contribution in [0, 0.1) is 0 Å². The molecule has 0 N–H and O–H groups in total. The van der Waals surface area contributed by atoms with E-state index >= 15 is 0 Å². The molecular formula is C9H17O2. The number of carbonyl (C=O) groups excluding carboxylic acids is 1. The summed E-state index contributed by atoms with van der Waals surface area (Å²) in [4.78, 5) is 10.9. The third-order valence-electron chi connectivity index (χ3n) is 1.66. The van der Waals surface area contributed by atoms with Crippen LogP contribution < -0.4 is 0 Å². The molecule has 0 aliphatic heterocycles. The maximum Gasteiger partial charge on any atom is 0.133 e. The number of rotatable bonds is 7. The molecule has 0 unspecified atom stereocenters. The normalized spacial score (nSPS) is 10.0. The Morgan fingerprint density at radius 1 is 1.09 bits per heavy atom. The van der Waals surface area contributed by atoms with Gasteiger partial charge < -0.3 is 0 Å². The minimum Gasteiger partial charge on any atom is -0.300 e. The smallest absolute Gasteiger partial charge is 0.133 e. The molecule has 0 rings (SSSR count). The summed E-state index contributed by atoms with van der Waals surface area (Å²) in [5.41, 5.74) is 0. The van der Waals surface area contributed by atoms with Crippen molar-refractivity contribution in [3.05, 3.63) is 0 Å². The SMILES string of the molecule is CCCCCC(=O)CCC[O]. The second-order valence-corrected chi connectivity index (χ2v) is 2.80. The van der Waals surface area contributed by atoms with Crippen LogP contribution in [-0.4, -0.2) is 12.4 Å². The molecule has 0 amide bonds. The molecule has 0 aromatic carbocycles. The summed E-state index contributed by atoms with van der Waals surface area (Å²) in [6.07, 6.45) is 4.96. The van der Waals surface area contributed by atoms with Gasteiger partial charge in [-0.1, -0.05) is 19.8 Å². The topological polar surface area (TPSA) is 37.0 Å².